The summed E-state index contributed by atoms with van der Waals surface area (Å²) in [5.74, 6) is -0.546. The number of H-pyrrole nitrogens is 1. The number of amides is 1. The fourth-order valence-electron chi connectivity index (χ4n) is 3.52. The summed E-state index contributed by atoms with van der Waals surface area (Å²) in [7, 11) is 0. The number of aromatic amines is 1. The molecule has 0 fully saturated rings. The molecule has 4 aromatic rings. The number of pyridine rings is 1. The van der Waals surface area contributed by atoms with E-state index in [0.29, 0.717) is 11.4 Å². The second-order valence-corrected chi connectivity index (χ2v) is 7.09. The average Bonchev–Trinajstić information content (AvgIpc) is 3.33. The lowest BCUT2D eigenvalue weighted by atomic mass is 10.0. The first kappa shape index (κ1) is 18.5. The van der Waals surface area contributed by atoms with Crippen LogP contribution >= 0.6 is 0 Å². The third-order valence-electron chi connectivity index (χ3n) is 5.09. The third-order valence-corrected chi connectivity index (χ3v) is 5.09. The molecule has 3 N–H and O–H groups in total. The van der Waals surface area contributed by atoms with Gasteiger partial charge in [0.05, 0.1) is 22.3 Å². The van der Waals surface area contributed by atoms with Crippen molar-refractivity contribution >= 4 is 52.4 Å². The molecule has 0 saturated carbocycles. The first-order valence-corrected chi connectivity index (χ1v) is 9.56. The van der Waals surface area contributed by atoms with E-state index in [0.717, 1.165) is 33.3 Å². The van der Waals surface area contributed by atoms with Gasteiger partial charge in [-0.2, -0.15) is 5.10 Å². The highest BCUT2D eigenvalue weighted by atomic mass is 16.4. The van der Waals surface area contributed by atoms with Crippen LogP contribution in [0.2, 0.25) is 0 Å². The molecule has 0 saturated heterocycles. The van der Waals surface area contributed by atoms with Gasteiger partial charge in [-0.05, 0) is 59.7 Å². The van der Waals surface area contributed by atoms with Crippen LogP contribution < -0.4 is 5.32 Å². The number of aromatic nitrogens is 3. The summed E-state index contributed by atoms with van der Waals surface area (Å²) in [5, 5.41) is 20.1. The molecule has 31 heavy (non-hydrogen) atoms. The summed E-state index contributed by atoms with van der Waals surface area (Å²) in [6.45, 7) is 0. The van der Waals surface area contributed by atoms with Gasteiger partial charge in [0, 0.05) is 17.1 Å². The summed E-state index contributed by atoms with van der Waals surface area (Å²) < 4.78 is 0. The number of carbonyl (C=O) groups excluding carboxylic acids is 1. The quantitative estimate of drug-likeness (QED) is 0.436. The Kier molecular flexibility index (Phi) is 4.41. The monoisotopic (exact) mass is 408 g/mol. The van der Waals surface area contributed by atoms with Gasteiger partial charge in [0.2, 0.25) is 0 Å². The fourth-order valence-corrected chi connectivity index (χ4v) is 3.52. The Morgan fingerprint density at radius 2 is 1.81 bits per heavy atom. The summed E-state index contributed by atoms with van der Waals surface area (Å²) in [5.41, 5.74) is 4.98. The molecule has 2 aromatic heterocycles. The molecular weight excluding hydrogens is 392 g/mol. The second-order valence-electron chi connectivity index (χ2n) is 7.09. The van der Waals surface area contributed by atoms with E-state index in [9.17, 15) is 9.59 Å². The molecule has 3 heterocycles. The summed E-state index contributed by atoms with van der Waals surface area (Å²) >= 11 is 0. The predicted molar refractivity (Wildman–Crippen MR) is 119 cm³/mol. The highest BCUT2D eigenvalue weighted by Crippen LogP contribution is 2.31. The van der Waals surface area contributed by atoms with E-state index in [1.54, 1.807) is 36.5 Å². The number of benzene rings is 2. The Morgan fingerprint density at radius 3 is 2.61 bits per heavy atom. The van der Waals surface area contributed by atoms with Gasteiger partial charge in [-0.3, -0.25) is 9.89 Å². The van der Waals surface area contributed by atoms with E-state index >= 15 is 0 Å². The Hall–Kier alpha value is -4.52. The van der Waals surface area contributed by atoms with Crippen molar-refractivity contribution in [1.29, 1.82) is 0 Å². The second kappa shape index (κ2) is 7.38. The molecular formula is C24H16N4O3. The maximum Gasteiger partial charge on any atom is 0.335 e. The molecule has 0 aliphatic carbocycles. The zero-order valence-electron chi connectivity index (χ0n) is 16.2. The van der Waals surface area contributed by atoms with E-state index < -0.39 is 5.97 Å². The van der Waals surface area contributed by atoms with Crippen molar-refractivity contribution in [3.63, 3.8) is 0 Å². The zero-order chi connectivity index (χ0) is 21.4. The molecule has 1 aliphatic rings. The maximum atomic E-state index is 12.3. The normalized spacial score (nSPS) is 14.3. The summed E-state index contributed by atoms with van der Waals surface area (Å²) in [6, 6.07) is 16.1. The molecule has 2 aromatic carbocycles. The Morgan fingerprint density at radius 1 is 1.00 bits per heavy atom. The number of nitrogens with one attached hydrogen (secondary N) is 2. The summed E-state index contributed by atoms with van der Waals surface area (Å²) in [4.78, 5) is 27.4. The van der Waals surface area contributed by atoms with Gasteiger partial charge in [-0.25, -0.2) is 9.78 Å². The van der Waals surface area contributed by atoms with E-state index in [2.05, 4.69) is 20.5 Å². The van der Waals surface area contributed by atoms with Gasteiger partial charge in [0.1, 0.15) is 5.82 Å². The minimum Gasteiger partial charge on any atom is -0.478 e. The standard InChI is InChI=1S/C24H16N4O3/c29-23-19(17-2-1-11-25-22(17)26-23)12-15-5-9-18-20(27-28-21(18)13-15)10-6-14-3-7-16(8-4-14)24(30)31/h1-13H,(H,27,28)(H,30,31)(H,25,26,29). The largest absolute Gasteiger partial charge is 0.478 e. The van der Waals surface area contributed by atoms with Crippen LogP contribution in [-0.4, -0.2) is 32.2 Å². The Labute approximate surface area is 176 Å². The molecule has 0 unspecified atom stereocenters. The van der Waals surface area contributed by atoms with Gasteiger partial charge in [0.25, 0.3) is 5.91 Å². The van der Waals surface area contributed by atoms with Crippen molar-refractivity contribution < 1.29 is 14.7 Å². The number of aromatic carboxylic acids is 1. The number of carbonyl (C=O) groups is 2. The van der Waals surface area contributed by atoms with Crippen molar-refractivity contribution in [2.45, 2.75) is 0 Å². The van der Waals surface area contributed by atoms with Crippen LogP contribution in [-0.2, 0) is 4.79 Å². The number of rotatable bonds is 4. The number of hydrogen-bond acceptors (Lipinski definition) is 4. The lowest BCUT2D eigenvalue weighted by Crippen LogP contribution is -2.04. The fraction of sp³-hybridized carbons (Fsp3) is 0. The number of hydrogen-bond donors (Lipinski definition) is 3. The maximum absolute atomic E-state index is 12.3. The molecule has 7 heteroatoms. The first-order valence-electron chi connectivity index (χ1n) is 9.56. The molecule has 0 spiro atoms. The average molecular weight is 408 g/mol. The van der Waals surface area contributed by atoms with Crippen LogP contribution in [0.25, 0.3) is 34.7 Å². The molecule has 0 bridgehead atoms. The first-order chi connectivity index (χ1) is 15.1. The molecule has 0 radical (unpaired) electrons. The van der Waals surface area contributed by atoms with Crippen LogP contribution in [0.1, 0.15) is 32.7 Å². The van der Waals surface area contributed by atoms with E-state index in [-0.39, 0.29) is 11.5 Å². The smallest absolute Gasteiger partial charge is 0.335 e. The number of carboxylic acids is 1. The third kappa shape index (κ3) is 3.49. The molecule has 1 amide bonds. The van der Waals surface area contributed by atoms with E-state index in [1.807, 2.05) is 42.5 Å². The van der Waals surface area contributed by atoms with E-state index in [4.69, 9.17) is 5.11 Å². The molecule has 150 valence electrons. The highest BCUT2D eigenvalue weighted by molar-refractivity contribution is 6.34. The number of fused-ring (bicyclic) bond motifs is 2. The molecule has 7 nitrogen and oxygen atoms in total. The van der Waals surface area contributed by atoms with Crippen molar-refractivity contribution in [1.82, 2.24) is 15.2 Å². The van der Waals surface area contributed by atoms with Crippen LogP contribution in [0.5, 0.6) is 0 Å². The Balaban J connectivity index is 1.43. The lowest BCUT2D eigenvalue weighted by molar-refractivity contribution is -0.110. The van der Waals surface area contributed by atoms with Crippen molar-refractivity contribution in [3.8, 4) is 0 Å². The van der Waals surface area contributed by atoms with Crippen molar-refractivity contribution in [2.75, 3.05) is 5.32 Å². The van der Waals surface area contributed by atoms with Crippen LogP contribution in [0, 0.1) is 0 Å². The van der Waals surface area contributed by atoms with Gasteiger partial charge in [0.15, 0.2) is 0 Å². The van der Waals surface area contributed by atoms with Crippen LogP contribution in [0.15, 0.2) is 60.8 Å². The molecule has 0 atom stereocenters. The zero-order valence-corrected chi connectivity index (χ0v) is 16.2. The predicted octanol–water partition coefficient (Wildman–Crippen LogP) is 4.32. The topological polar surface area (TPSA) is 108 Å². The van der Waals surface area contributed by atoms with Gasteiger partial charge >= 0.3 is 5.97 Å². The SMILES string of the molecule is O=C1Nc2ncccc2C1=Cc1ccc2c(C=Cc3ccc(C(=O)O)cc3)n[nH]c2c1. The van der Waals surface area contributed by atoms with E-state index in [1.165, 1.54) is 0 Å². The van der Waals surface area contributed by atoms with Gasteiger partial charge in [-0.1, -0.05) is 24.3 Å². The minimum atomic E-state index is -0.950. The molecule has 1 aliphatic heterocycles. The molecule has 5 rings (SSSR count). The van der Waals surface area contributed by atoms with Crippen molar-refractivity contribution in [3.05, 3.63) is 88.7 Å². The number of anilines is 1. The highest BCUT2D eigenvalue weighted by Gasteiger charge is 2.24. The van der Waals surface area contributed by atoms with Crippen LogP contribution in [0.3, 0.4) is 0 Å². The minimum absolute atomic E-state index is 0.170. The lowest BCUT2D eigenvalue weighted by Gasteiger charge is -1.99. The number of carboxylic acid groups (broad SMARTS) is 1. The van der Waals surface area contributed by atoms with Gasteiger partial charge in [-0.15, -0.1) is 0 Å². The summed E-state index contributed by atoms with van der Waals surface area (Å²) in [6.07, 6.45) is 7.24. The van der Waals surface area contributed by atoms with Crippen LogP contribution in [0.4, 0.5) is 5.82 Å². The van der Waals surface area contributed by atoms with Crippen molar-refractivity contribution in [2.24, 2.45) is 0 Å². The number of nitrogens with zero attached hydrogens (tertiary/aromatic N) is 2. The van der Waals surface area contributed by atoms with Gasteiger partial charge < -0.3 is 10.4 Å². The Bertz CT molecular complexity index is 1400.